The maximum Gasteiger partial charge on any atom is 0.336 e. The van der Waals surface area contributed by atoms with E-state index in [-0.39, 0.29) is 16.9 Å². The van der Waals surface area contributed by atoms with Crippen molar-refractivity contribution in [1.29, 1.82) is 0 Å². The van der Waals surface area contributed by atoms with E-state index >= 15 is 0 Å². The highest BCUT2D eigenvalue weighted by Crippen LogP contribution is 2.22. The number of ketones is 1. The minimum Gasteiger partial charge on any atom is -0.478 e. The summed E-state index contributed by atoms with van der Waals surface area (Å²) in [5, 5.41) is 9.17. The van der Waals surface area contributed by atoms with Crippen LogP contribution < -0.4 is 5.73 Å². The second-order valence-electron chi connectivity index (χ2n) is 4.22. The zero-order valence-corrected chi connectivity index (χ0v) is 10.4. The lowest BCUT2D eigenvalue weighted by molar-refractivity contribution is 0.0692. The van der Waals surface area contributed by atoms with Crippen LogP contribution in [-0.2, 0) is 0 Å². The van der Waals surface area contributed by atoms with Crippen LogP contribution in [0.3, 0.4) is 0 Å². The molecule has 4 nitrogen and oxygen atoms in total. The minimum atomic E-state index is -1.12. The van der Waals surface area contributed by atoms with Crippen molar-refractivity contribution in [3.63, 3.8) is 0 Å². The Bertz CT molecular complexity index is 662. The molecule has 2 aromatic rings. The number of carbonyl (C=O) groups excluding carboxylic acids is 1. The first-order valence-corrected chi connectivity index (χ1v) is 5.74. The monoisotopic (exact) mass is 255 g/mol. The van der Waals surface area contributed by atoms with Crippen molar-refractivity contribution >= 4 is 17.4 Å². The lowest BCUT2D eigenvalue weighted by Gasteiger charge is -2.10. The van der Waals surface area contributed by atoms with Gasteiger partial charge >= 0.3 is 5.97 Å². The summed E-state index contributed by atoms with van der Waals surface area (Å²) in [5.74, 6) is -1.49. The number of aryl methyl sites for hydroxylation is 1. The highest BCUT2D eigenvalue weighted by atomic mass is 16.4. The number of benzene rings is 2. The molecule has 0 aliphatic rings. The molecule has 0 aromatic heterocycles. The molecule has 0 saturated heterocycles. The molecule has 96 valence electrons. The molecule has 0 heterocycles. The molecule has 4 heteroatoms. The Hall–Kier alpha value is -2.62. The first-order chi connectivity index (χ1) is 9.02. The van der Waals surface area contributed by atoms with E-state index in [4.69, 9.17) is 5.73 Å². The van der Waals surface area contributed by atoms with Crippen LogP contribution in [0.2, 0.25) is 0 Å². The zero-order valence-electron chi connectivity index (χ0n) is 10.4. The van der Waals surface area contributed by atoms with Gasteiger partial charge in [0.1, 0.15) is 0 Å². The number of nitrogens with two attached hydrogens (primary N) is 1. The third kappa shape index (κ3) is 2.33. The molecule has 0 spiro atoms. The average molecular weight is 255 g/mol. The highest BCUT2D eigenvalue weighted by Gasteiger charge is 2.21. The van der Waals surface area contributed by atoms with Crippen molar-refractivity contribution < 1.29 is 14.7 Å². The molecular formula is C15H13NO3. The number of hydrogen-bond acceptors (Lipinski definition) is 3. The number of carbonyl (C=O) groups is 2. The molecule has 0 amide bonds. The molecule has 0 aliphatic carbocycles. The Morgan fingerprint density at radius 2 is 1.63 bits per heavy atom. The molecule has 0 bridgehead atoms. The van der Waals surface area contributed by atoms with Gasteiger partial charge in [-0.15, -0.1) is 0 Å². The number of aromatic carboxylic acids is 1. The maximum atomic E-state index is 12.5. The van der Waals surface area contributed by atoms with Gasteiger partial charge in [-0.05, 0) is 30.7 Å². The fourth-order valence-corrected chi connectivity index (χ4v) is 1.99. The molecule has 0 atom stereocenters. The van der Waals surface area contributed by atoms with Crippen LogP contribution in [0.1, 0.15) is 31.8 Å². The Kier molecular flexibility index (Phi) is 3.33. The van der Waals surface area contributed by atoms with E-state index in [1.54, 1.807) is 43.3 Å². The van der Waals surface area contributed by atoms with Crippen molar-refractivity contribution in [3.8, 4) is 0 Å². The summed E-state index contributed by atoms with van der Waals surface area (Å²) in [6.07, 6.45) is 0. The van der Waals surface area contributed by atoms with E-state index in [1.807, 2.05) is 0 Å². The van der Waals surface area contributed by atoms with E-state index in [1.165, 1.54) is 6.07 Å². The molecular weight excluding hydrogens is 242 g/mol. The summed E-state index contributed by atoms with van der Waals surface area (Å²) >= 11 is 0. The lowest BCUT2D eigenvalue weighted by Crippen LogP contribution is -2.13. The van der Waals surface area contributed by atoms with Crippen LogP contribution in [0, 0.1) is 6.92 Å². The van der Waals surface area contributed by atoms with Gasteiger partial charge in [0.2, 0.25) is 0 Å². The number of carboxylic acid groups (broad SMARTS) is 1. The van der Waals surface area contributed by atoms with Crippen molar-refractivity contribution in [3.05, 3.63) is 64.7 Å². The van der Waals surface area contributed by atoms with Crippen molar-refractivity contribution in [2.24, 2.45) is 0 Å². The summed E-state index contributed by atoms with van der Waals surface area (Å²) in [4.78, 5) is 23.7. The third-order valence-corrected chi connectivity index (χ3v) is 2.94. The second-order valence-corrected chi connectivity index (χ2v) is 4.22. The summed E-state index contributed by atoms with van der Waals surface area (Å²) in [5.41, 5.74) is 7.23. The fourth-order valence-electron chi connectivity index (χ4n) is 1.99. The highest BCUT2D eigenvalue weighted by molar-refractivity contribution is 6.17. The van der Waals surface area contributed by atoms with Gasteiger partial charge in [-0.2, -0.15) is 0 Å². The van der Waals surface area contributed by atoms with Gasteiger partial charge in [-0.1, -0.05) is 24.3 Å². The number of carboxylic acids is 1. The van der Waals surface area contributed by atoms with Gasteiger partial charge in [-0.25, -0.2) is 4.79 Å². The van der Waals surface area contributed by atoms with Crippen LogP contribution in [0.5, 0.6) is 0 Å². The van der Waals surface area contributed by atoms with Crippen molar-refractivity contribution in [1.82, 2.24) is 0 Å². The summed E-state index contributed by atoms with van der Waals surface area (Å²) in [7, 11) is 0. The summed E-state index contributed by atoms with van der Waals surface area (Å²) in [6.45, 7) is 1.71. The zero-order chi connectivity index (χ0) is 14.0. The molecule has 2 aromatic carbocycles. The second kappa shape index (κ2) is 4.94. The Morgan fingerprint density at radius 3 is 2.26 bits per heavy atom. The van der Waals surface area contributed by atoms with Gasteiger partial charge in [-0.3, -0.25) is 4.79 Å². The van der Waals surface area contributed by atoms with Gasteiger partial charge < -0.3 is 10.8 Å². The van der Waals surface area contributed by atoms with Gasteiger partial charge in [0, 0.05) is 16.8 Å². The summed E-state index contributed by atoms with van der Waals surface area (Å²) in [6, 6.07) is 11.4. The van der Waals surface area contributed by atoms with Crippen molar-refractivity contribution in [2.45, 2.75) is 6.92 Å². The average Bonchev–Trinajstić information content (AvgIpc) is 2.38. The van der Waals surface area contributed by atoms with E-state index in [0.717, 1.165) is 0 Å². The standard InChI is InChI=1S/C15H13NO3/c1-9-5-4-7-11(15(18)19)13(9)14(17)10-6-2-3-8-12(10)16/h2-8H,16H2,1H3,(H,18,19). The first kappa shape index (κ1) is 12.8. The molecule has 0 aliphatic heterocycles. The Balaban J connectivity index is 2.63. The van der Waals surface area contributed by atoms with Crippen LogP contribution in [0.4, 0.5) is 5.69 Å². The van der Waals surface area contributed by atoms with Crippen LogP contribution in [-0.4, -0.2) is 16.9 Å². The van der Waals surface area contributed by atoms with Crippen LogP contribution in [0.25, 0.3) is 0 Å². The van der Waals surface area contributed by atoms with Crippen LogP contribution >= 0.6 is 0 Å². The predicted molar refractivity (Wildman–Crippen MR) is 72.4 cm³/mol. The number of nitrogen functional groups attached to an aromatic ring is 1. The molecule has 19 heavy (non-hydrogen) atoms. The molecule has 2 rings (SSSR count). The normalized spacial score (nSPS) is 10.2. The molecule has 3 N–H and O–H groups in total. The smallest absolute Gasteiger partial charge is 0.336 e. The number of hydrogen-bond donors (Lipinski definition) is 2. The fraction of sp³-hybridized carbons (Fsp3) is 0.0667. The molecule has 0 unspecified atom stereocenters. The van der Waals surface area contributed by atoms with Gasteiger partial charge in [0.15, 0.2) is 5.78 Å². The number of rotatable bonds is 3. The number of anilines is 1. The quantitative estimate of drug-likeness (QED) is 0.652. The maximum absolute atomic E-state index is 12.5. The first-order valence-electron chi connectivity index (χ1n) is 5.74. The largest absolute Gasteiger partial charge is 0.478 e. The topological polar surface area (TPSA) is 80.4 Å². The lowest BCUT2D eigenvalue weighted by atomic mass is 9.93. The molecule has 0 fully saturated rings. The molecule has 0 saturated carbocycles. The molecule has 0 radical (unpaired) electrons. The van der Waals surface area contributed by atoms with E-state index in [0.29, 0.717) is 16.8 Å². The van der Waals surface area contributed by atoms with Crippen molar-refractivity contribution in [2.75, 3.05) is 5.73 Å². The SMILES string of the molecule is Cc1cccc(C(=O)O)c1C(=O)c1ccccc1N. The van der Waals surface area contributed by atoms with E-state index < -0.39 is 5.97 Å². The van der Waals surface area contributed by atoms with Crippen LogP contribution in [0.15, 0.2) is 42.5 Å². The predicted octanol–water partition coefficient (Wildman–Crippen LogP) is 2.51. The van der Waals surface area contributed by atoms with E-state index in [9.17, 15) is 14.7 Å². The Morgan fingerprint density at radius 1 is 1.00 bits per heavy atom. The van der Waals surface area contributed by atoms with E-state index in [2.05, 4.69) is 0 Å². The van der Waals surface area contributed by atoms with Gasteiger partial charge in [0.05, 0.1) is 5.56 Å². The number of para-hydroxylation sites is 1. The summed E-state index contributed by atoms with van der Waals surface area (Å²) < 4.78 is 0. The van der Waals surface area contributed by atoms with Gasteiger partial charge in [0.25, 0.3) is 0 Å². The third-order valence-electron chi connectivity index (χ3n) is 2.94. The minimum absolute atomic E-state index is 0.00625. The Labute approximate surface area is 110 Å².